The molecule has 0 spiro atoms. The Morgan fingerprint density at radius 2 is 2.12 bits per heavy atom. The van der Waals surface area contributed by atoms with Crippen molar-refractivity contribution in [2.75, 3.05) is 12.3 Å². The summed E-state index contributed by atoms with van der Waals surface area (Å²) in [5.41, 5.74) is 1.03. The lowest BCUT2D eigenvalue weighted by Gasteiger charge is -2.05. The highest BCUT2D eigenvalue weighted by Crippen LogP contribution is 2.29. The summed E-state index contributed by atoms with van der Waals surface area (Å²) in [5, 5.41) is 6.07. The minimum absolute atomic E-state index is 0.000690. The molecular formula is C19H19FN2OS3. The average Bonchev–Trinajstić information content (AvgIpc) is 3.25. The van der Waals surface area contributed by atoms with Crippen LogP contribution in [-0.2, 0) is 11.2 Å². The van der Waals surface area contributed by atoms with E-state index in [0.29, 0.717) is 23.6 Å². The highest BCUT2D eigenvalue weighted by atomic mass is 32.2. The number of halogens is 1. The van der Waals surface area contributed by atoms with Gasteiger partial charge in [-0.05, 0) is 37.6 Å². The van der Waals surface area contributed by atoms with E-state index in [-0.39, 0.29) is 11.7 Å². The number of hydrogen-bond acceptors (Lipinski definition) is 5. The summed E-state index contributed by atoms with van der Waals surface area (Å²) in [4.78, 5) is 19.4. The van der Waals surface area contributed by atoms with E-state index in [1.807, 2.05) is 6.92 Å². The van der Waals surface area contributed by atoms with Crippen molar-refractivity contribution in [3.05, 3.63) is 57.5 Å². The topological polar surface area (TPSA) is 42.0 Å². The molecule has 2 heterocycles. The lowest BCUT2D eigenvalue weighted by Crippen LogP contribution is -2.25. The number of thiazole rings is 1. The molecule has 136 valence electrons. The van der Waals surface area contributed by atoms with Crippen molar-refractivity contribution in [1.29, 1.82) is 0 Å². The van der Waals surface area contributed by atoms with Crippen LogP contribution in [0.4, 0.5) is 4.39 Å². The SMILES string of the molecule is Cc1nc(-c2ccc(CCNC(=O)CCSc3ccccc3F)s2)cs1. The van der Waals surface area contributed by atoms with Gasteiger partial charge in [0.1, 0.15) is 5.82 Å². The van der Waals surface area contributed by atoms with Crippen LogP contribution in [-0.4, -0.2) is 23.2 Å². The van der Waals surface area contributed by atoms with E-state index in [2.05, 4.69) is 27.8 Å². The van der Waals surface area contributed by atoms with Gasteiger partial charge in [0.05, 0.1) is 15.6 Å². The maximum Gasteiger partial charge on any atom is 0.220 e. The number of hydrogen-bond donors (Lipinski definition) is 1. The van der Waals surface area contributed by atoms with E-state index in [0.717, 1.165) is 22.0 Å². The Kier molecular flexibility index (Phi) is 6.82. The van der Waals surface area contributed by atoms with E-state index >= 15 is 0 Å². The van der Waals surface area contributed by atoms with Crippen molar-refractivity contribution in [2.24, 2.45) is 0 Å². The predicted molar refractivity (Wildman–Crippen MR) is 109 cm³/mol. The fourth-order valence-corrected chi connectivity index (χ4v) is 4.90. The fraction of sp³-hybridized carbons (Fsp3) is 0.263. The number of carbonyl (C=O) groups is 1. The predicted octanol–water partition coefficient (Wildman–Crippen LogP) is 5.16. The van der Waals surface area contributed by atoms with Gasteiger partial charge in [0.15, 0.2) is 0 Å². The number of thiophene rings is 1. The van der Waals surface area contributed by atoms with E-state index in [4.69, 9.17) is 0 Å². The van der Waals surface area contributed by atoms with Crippen LogP contribution in [0.15, 0.2) is 46.7 Å². The Morgan fingerprint density at radius 3 is 2.88 bits per heavy atom. The van der Waals surface area contributed by atoms with Crippen LogP contribution >= 0.6 is 34.4 Å². The summed E-state index contributed by atoms with van der Waals surface area (Å²) in [5.74, 6) is 0.335. The van der Waals surface area contributed by atoms with Gasteiger partial charge in [-0.3, -0.25) is 4.79 Å². The van der Waals surface area contributed by atoms with Gasteiger partial charge >= 0.3 is 0 Å². The molecule has 3 aromatic rings. The van der Waals surface area contributed by atoms with E-state index in [1.165, 1.54) is 22.7 Å². The van der Waals surface area contributed by atoms with Crippen molar-refractivity contribution in [1.82, 2.24) is 10.3 Å². The third kappa shape index (κ3) is 5.40. The lowest BCUT2D eigenvalue weighted by atomic mass is 10.3. The van der Waals surface area contributed by atoms with E-state index in [9.17, 15) is 9.18 Å². The first kappa shape index (κ1) is 19.1. The Balaban J connectivity index is 1.37. The van der Waals surface area contributed by atoms with Gasteiger partial charge in [-0.2, -0.15) is 0 Å². The average molecular weight is 407 g/mol. The summed E-state index contributed by atoms with van der Waals surface area (Å²) in [7, 11) is 0. The number of aromatic nitrogens is 1. The first-order chi connectivity index (χ1) is 12.6. The van der Waals surface area contributed by atoms with Gasteiger partial charge in [-0.1, -0.05) is 12.1 Å². The van der Waals surface area contributed by atoms with Gasteiger partial charge < -0.3 is 5.32 Å². The Hall–Kier alpha value is -1.70. The second kappa shape index (κ2) is 9.30. The minimum atomic E-state index is -0.235. The Bertz CT molecular complexity index is 875. The molecule has 26 heavy (non-hydrogen) atoms. The van der Waals surface area contributed by atoms with Crippen LogP contribution < -0.4 is 5.32 Å². The molecule has 1 amide bonds. The van der Waals surface area contributed by atoms with Gasteiger partial charge in [-0.25, -0.2) is 9.37 Å². The normalized spacial score (nSPS) is 10.8. The smallest absolute Gasteiger partial charge is 0.220 e. The molecule has 2 aromatic heterocycles. The van der Waals surface area contributed by atoms with Crippen molar-refractivity contribution in [3.63, 3.8) is 0 Å². The number of thioether (sulfide) groups is 1. The lowest BCUT2D eigenvalue weighted by molar-refractivity contribution is -0.120. The van der Waals surface area contributed by atoms with Crippen molar-refractivity contribution in [3.8, 4) is 10.6 Å². The summed E-state index contributed by atoms with van der Waals surface area (Å²) in [6, 6.07) is 10.8. The third-order valence-corrected chi connectivity index (χ3v) is 6.64. The number of nitrogens with one attached hydrogen (secondary N) is 1. The molecule has 0 aliphatic rings. The molecule has 0 aliphatic carbocycles. The number of benzene rings is 1. The fourth-order valence-electron chi connectivity index (χ4n) is 2.36. The van der Waals surface area contributed by atoms with E-state index < -0.39 is 0 Å². The molecule has 1 N–H and O–H groups in total. The molecule has 3 nitrogen and oxygen atoms in total. The molecule has 0 aliphatic heterocycles. The molecule has 0 unspecified atom stereocenters. The number of carbonyl (C=O) groups excluding carboxylic acids is 1. The zero-order valence-corrected chi connectivity index (χ0v) is 16.8. The Labute approximate surface area is 164 Å². The molecule has 0 fully saturated rings. The maximum absolute atomic E-state index is 13.5. The standard InChI is InChI=1S/C19H19FN2OS3/c1-13-22-16(12-25-13)18-7-6-14(26-18)8-10-21-19(23)9-11-24-17-5-3-2-4-15(17)20/h2-7,12H,8-11H2,1H3,(H,21,23). The van der Waals surface area contributed by atoms with Crippen molar-refractivity contribution in [2.45, 2.75) is 24.7 Å². The second-order valence-corrected chi connectivity index (χ2v) is 9.01. The second-order valence-electron chi connectivity index (χ2n) is 5.65. The zero-order valence-electron chi connectivity index (χ0n) is 14.3. The largest absolute Gasteiger partial charge is 0.356 e. The highest BCUT2D eigenvalue weighted by molar-refractivity contribution is 7.99. The molecule has 1 aromatic carbocycles. The Morgan fingerprint density at radius 1 is 1.27 bits per heavy atom. The molecular weight excluding hydrogens is 387 g/mol. The first-order valence-corrected chi connectivity index (χ1v) is 11.0. The quantitative estimate of drug-likeness (QED) is 0.525. The van der Waals surface area contributed by atoms with Crippen LogP contribution in [0, 0.1) is 12.7 Å². The number of amides is 1. The van der Waals surface area contributed by atoms with Crippen LogP contribution in [0.1, 0.15) is 16.3 Å². The number of rotatable bonds is 8. The number of nitrogens with zero attached hydrogens (tertiary/aromatic N) is 1. The number of aryl methyl sites for hydroxylation is 1. The van der Waals surface area contributed by atoms with Crippen LogP contribution in [0.25, 0.3) is 10.6 Å². The van der Waals surface area contributed by atoms with Crippen LogP contribution in [0.3, 0.4) is 0 Å². The highest BCUT2D eigenvalue weighted by Gasteiger charge is 2.08. The van der Waals surface area contributed by atoms with Gasteiger partial charge in [0.25, 0.3) is 0 Å². The molecule has 0 radical (unpaired) electrons. The van der Waals surface area contributed by atoms with Crippen molar-refractivity contribution < 1.29 is 9.18 Å². The van der Waals surface area contributed by atoms with Gasteiger partial charge in [0, 0.05) is 33.9 Å². The first-order valence-electron chi connectivity index (χ1n) is 8.27. The summed E-state index contributed by atoms with van der Waals surface area (Å²) in [6.07, 6.45) is 1.19. The van der Waals surface area contributed by atoms with Gasteiger partial charge in [-0.15, -0.1) is 34.4 Å². The minimum Gasteiger partial charge on any atom is -0.356 e. The zero-order chi connectivity index (χ0) is 18.4. The summed E-state index contributed by atoms with van der Waals surface area (Å²) in [6.45, 7) is 2.61. The summed E-state index contributed by atoms with van der Waals surface area (Å²) < 4.78 is 13.5. The van der Waals surface area contributed by atoms with Crippen molar-refractivity contribution >= 4 is 40.3 Å². The van der Waals surface area contributed by atoms with Crippen LogP contribution in [0.2, 0.25) is 0 Å². The molecule has 0 bridgehead atoms. The molecule has 0 saturated heterocycles. The van der Waals surface area contributed by atoms with Gasteiger partial charge in [0.2, 0.25) is 5.91 Å². The molecule has 0 saturated carbocycles. The molecule has 3 rings (SSSR count). The molecule has 0 atom stereocenters. The monoisotopic (exact) mass is 406 g/mol. The third-order valence-electron chi connectivity index (χ3n) is 3.65. The van der Waals surface area contributed by atoms with Crippen LogP contribution in [0.5, 0.6) is 0 Å². The molecule has 7 heteroatoms. The summed E-state index contributed by atoms with van der Waals surface area (Å²) >= 11 is 4.73. The maximum atomic E-state index is 13.5. The van der Waals surface area contributed by atoms with E-state index in [1.54, 1.807) is 40.9 Å².